The Labute approximate surface area is 106 Å². The fourth-order valence-electron chi connectivity index (χ4n) is 2.73. The number of hydrogen-bond acceptors (Lipinski definition) is 2. The minimum Gasteiger partial charge on any atom is -0.458 e. The van der Waals surface area contributed by atoms with Crippen LogP contribution in [0, 0.1) is 12.8 Å². The summed E-state index contributed by atoms with van der Waals surface area (Å²) in [5.41, 5.74) is 1.89. The minimum atomic E-state index is -0.973. The molecule has 0 saturated carbocycles. The van der Waals surface area contributed by atoms with Gasteiger partial charge in [-0.05, 0) is 50.4 Å². The van der Waals surface area contributed by atoms with Gasteiger partial charge in [0, 0.05) is 5.39 Å². The summed E-state index contributed by atoms with van der Waals surface area (Å²) in [6, 6.07) is 7.81. The molecule has 1 aromatic heterocycles. The van der Waals surface area contributed by atoms with E-state index in [2.05, 4.69) is 5.32 Å². The molecule has 1 aliphatic rings. The summed E-state index contributed by atoms with van der Waals surface area (Å²) in [6.45, 7) is 3.81. The molecule has 1 aliphatic heterocycles. The average molecular weight is 247 g/mol. The summed E-state index contributed by atoms with van der Waals surface area (Å²) in [4.78, 5) is 0. The third kappa shape index (κ3) is 2.03. The molecule has 1 unspecified atom stereocenters. The number of aryl methyl sites for hydroxylation is 1. The van der Waals surface area contributed by atoms with Crippen molar-refractivity contribution in [3.63, 3.8) is 0 Å². The molecule has 3 heteroatoms. The normalized spacial score (nSPS) is 19.2. The molecule has 1 atom stereocenters. The molecule has 0 bridgehead atoms. The van der Waals surface area contributed by atoms with E-state index < -0.39 is 6.17 Å². The Morgan fingerprint density at radius 1 is 1.33 bits per heavy atom. The molecule has 2 heterocycles. The van der Waals surface area contributed by atoms with Crippen LogP contribution >= 0.6 is 0 Å². The van der Waals surface area contributed by atoms with Crippen molar-refractivity contribution in [2.75, 3.05) is 13.1 Å². The van der Waals surface area contributed by atoms with Gasteiger partial charge in [0.15, 0.2) is 6.17 Å². The van der Waals surface area contributed by atoms with E-state index in [1.54, 1.807) is 0 Å². The van der Waals surface area contributed by atoms with Crippen molar-refractivity contribution >= 4 is 11.0 Å². The molecule has 0 amide bonds. The smallest absolute Gasteiger partial charge is 0.160 e. The molecule has 2 aromatic rings. The zero-order valence-electron chi connectivity index (χ0n) is 10.6. The minimum absolute atomic E-state index is 0.0899. The Kier molecular flexibility index (Phi) is 3.08. The first kappa shape index (κ1) is 11.7. The number of halogens is 1. The number of rotatable bonds is 2. The number of piperidine rings is 1. The third-order valence-corrected chi connectivity index (χ3v) is 3.83. The standard InChI is InChI=1S/C15H18FNO/c1-10-3-2-4-12-9-13(18-15(10)12)14(16)11-5-7-17-8-6-11/h2-4,9,11,14,17H,5-8H2,1H3. The number of para-hydroxylation sites is 1. The predicted octanol–water partition coefficient (Wildman–Crippen LogP) is 3.75. The average Bonchev–Trinajstić information content (AvgIpc) is 2.84. The van der Waals surface area contributed by atoms with Crippen LogP contribution in [-0.2, 0) is 0 Å². The van der Waals surface area contributed by atoms with Crippen molar-refractivity contribution in [2.24, 2.45) is 5.92 Å². The summed E-state index contributed by atoms with van der Waals surface area (Å²) in [5.74, 6) is 0.582. The maximum absolute atomic E-state index is 14.5. The lowest BCUT2D eigenvalue weighted by Crippen LogP contribution is -2.29. The molecule has 1 saturated heterocycles. The van der Waals surface area contributed by atoms with Crippen LogP contribution in [0.15, 0.2) is 28.7 Å². The Hall–Kier alpha value is -1.35. The van der Waals surface area contributed by atoms with Crippen LogP contribution in [0.2, 0.25) is 0 Å². The predicted molar refractivity (Wildman–Crippen MR) is 70.4 cm³/mol. The number of alkyl halides is 1. The summed E-state index contributed by atoms with van der Waals surface area (Å²) < 4.78 is 20.2. The van der Waals surface area contributed by atoms with E-state index in [0.29, 0.717) is 5.76 Å². The Morgan fingerprint density at radius 3 is 2.83 bits per heavy atom. The Morgan fingerprint density at radius 2 is 2.11 bits per heavy atom. The van der Waals surface area contributed by atoms with Crippen LogP contribution in [-0.4, -0.2) is 13.1 Å². The van der Waals surface area contributed by atoms with Gasteiger partial charge in [0.2, 0.25) is 0 Å². The summed E-state index contributed by atoms with van der Waals surface area (Å²) >= 11 is 0. The van der Waals surface area contributed by atoms with E-state index in [4.69, 9.17) is 4.42 Å². The number of nitrogens with one attached hydrogen (secondary N) is 1. The first-order chi connectivity index (χ1) is 8.75. The lowest BCUT2D eigenvalue weighted by atomic mass is 9.92. The van der Waals surface area contributed by atoms with E-state index in [0.717, 1.165) is 42.5 Å². The third-order valence-electron chi connectivity index (χ3n) is 3.83. The molecular weight excluding hydrogens is 229 g/mol. The van der Waals surface area contributed by atoms with Crippen molar-refractivity contribution < 1.29 is 8.81 Å². The number of hydrogen-bond donors (Lipinski definition) is 1. The SMILES string of the molecule is Cc1cccc2cc(C(F)C3CCNCC3)oc12. The van der Waals surface area contributed by atoms with Crippen molar-refractivity contribution in [2.45, 2.75) is 25.9 Å². The zero-order chi connectivity index (χ0) is 12.5. The van der Waals surface area contributed by atoms with Gasteiger partial charge in [-0.15, -0.1) is 0 Å². The zero-order valence-corrected chi connectivity index (χ0v) is 10.6. The van der Waals surface area contributed by atoms with Crippen LogP contribution in [0.5, 0.6) is 0 Å². The van der Waals surface area contributed by atoms with Gasteiger partial charge in [-0.3, -0.25) is 0 Å². The van der Waals surface area contributed by atoms with Gasteiger partial charge >= 0.3 is 0 Å². The van der Waals surface area contributed by atoms with Crippen LogP contribution in [0.25, 0.3) is 11.0 Å². The van der Waals surface area contributed by atoms with E-state index >= 15 is 0 Å². The number of furan rings is 1. The van der Waals surface area contributed by atoms with Crippen molar-refractivity contribution in [3.8, 4) is 0 Å². The number of fused-ring (bicyclic) bond motifs is 1. The maximum Gasteiger partial charge on any atom is 0.160 e. The van der Waals surface area contributed by atoms with Gasteiger partial charge in [-0.25, -0.2) is 4.39 Å². The van der Waals surface area contributed by atoms with E-state index in [-0.39, 0.29) is 5.92 Å². The largest absolute Gasteiger partial charge is 0.458 e. The quantitative estimate of drug-likeness (QED) is 0.874. The highest BCUT2D eigenvalue weighted by molar-refractivity contribution is 5.80. The lowest BCUT2D eigenvalue weighted by molar-refractivity contribution is 0.166. The summed E-state index contributed by atoms with van der Waals surface area (Å²) in [7, 11) is 0. The van der Waals surface area contributed by atoms with Crippen LogP contribution < -0.4 is 5.32 Å². The molecule has 18 heavy (non-hydrogen) atoms. The van der Waals surface area contributed by atoms with Crippen molar-refractivity contribution in [1.29, 1.82) is 0 Å². The van der Waals surface area contributed by atoms with Gasteiger partial charge in [-0.2, -0.15) is 0 Å². The highest BCUT2D eigenvalue weighted by Crippen LogP contribution is 2.35. The fraction of sp³-hybridized carbons (Fsp3) is 0.467. The Bertz CT molecular complexity index is 542. The van der Waals surface area contributed by atoms with E-state index in [1.165, 1.54) is 0 Å². The molecule has 96 valence electrons. The number of benzene rings is 1. The van der Waals surface area contributed by atoms with E-state index in [9.17, 15) is 4.39 Å². The lowest BCUT2D eigenvalue weighted by Gasteiger charge is -2.24. The monoisotopic (exact) mass is 247 g/mol. The summed E-state index contributed by atoms with van der Waals surface area (Å²) in [6.07, 6.45) is 0.799. The molecule has 1 fully saturated rings. The second-order valence-electron chi connectivity index (χ2n) is 5.13. The van der Waals surface area contributed by atoms with Gasteiger partial charge < -0.3 is 9.73 Å². The molecule has 2 nitrogen and oxygen atoms in total. The van der Waals surface area contributed by atoms with Crippen molar-refractivity contribution in [3.05, 3.63) is 35.6 Å². The molecule has 1 aromatic carbocycles. The fourth-order valence-corrected chi connectivity index (χ4v) is 2.73. The molecule has 0 radical (unpaired) electrons. The molecule has 3 rings (SSSR count). The van der Waals surface area contributed by atoms with Gasteiger partial charge in [0.25, 0.3) is 0 Å². The second kappa shape index (κ2) is 4.73. The first-order valence-corrected chi connectivity index (χ1v) is 6.59. The molecule has 1 N–H and O–H groups in total. The van der Waals surface area contributed by atoms with Gasteiger partial charge in [0.1, 0.15) is 11.3 Å². The maximum atomic E-state index is 14.5. The van der Waals surface area contributed by atoms with Gasteiger partial charge in [-0.1, -0.05) is 18.2 Å². The van der Waals surface area contributed by atoms with Crippen LogP contribution in [0.4, 0.5) is 4.39 Å². The highest BCUT2D eigenvalue weighted by Gasteiger charge is 2.27. The summed E-state index contributed by atoms with van der Waals surface area (Å²) in [5, 5.41) is 4.26. The highest BCUT2D eigenvalue weighted by atomic mass is 19.1. The van der Waals surface area contributed by atoms with Crippen LogP contribution in [0.3, 0.4) is 0 Å². The first-order valence-electron chi connectivity index (χ1n) is 6.59. The molecular formula is C15H18FNO. The molecule has 0 spiro atoms. The second-order valence-corrected chi connectivity index (χ2v) is 5.13. The van der Waals surface area contributed by atoms with Crippen LogP contribution in [0.1, 0.15) is 30.3 Å². The Balaban J connectivity index is 1.91. The van der Waals surface area contributed by atoms with E-state index in [1.807, 2.05) is 31.2 Å². The molecule has 0 aliphatic carbocycles. The van der Waals surface area contributed by atoms with Crippen molar-refractivity contribution in [1.82, 2.24) is 5.32 Å². The van der Waals surface area contributed by atoms with Gasteiger partial charge in [0.05, 0.1) is 0 Å². The topological polar surface area (TPSA) is 25.2 Å².